The Balaban J connectivity index is 1.96. The van der Waals surface area contributed by atoms with Gasteiger partial charge in [0.25, 0.3) is 0 Å². The van der Waals surface area contributed by atoms with Crippen molar-refractivity contribution in [2.45, 2.75) is 19.0 Å². The van der Waals surface area contributed by atoms with E-state index in [-0.39, 0.29) is 5.78 Å². The van der Waals surface area contributed by atoms with Crippen molar-refractivity contribution in [1.82, 2.24) is 4.90 Å². The molecule has 0 aliphatic heterocycles. The fourth-order valence-electron chi connectivity index (χ4n) is 3.24. The molecule has 0 N–H and O–H groups in total. The lowest BCUT2D eigenvalue weighted by molar-refractivity contribution is 0.0931. The third-order valence-electron chi connectivity index (χ3n) is 4.65. The molecule has 2 aromatic carbocycles. The first-order valence-corrected chi connectivity index (χ1v) is 8.34. The second-order valence-electron chi connectivity index (χ2n) is 6.18. The van der Waals surface area contributed by atoms with Crippen LogP contribution in [0, 0.1) is 0 Å². The smallest absolute Gasteiger partial charge is 0.410 e. The van der Waals surface area contributed by atoms with E-state index in [1.165, 1.54) is 7.11 Å². The van der Waals surface area contributed by atoms with E-state index in [0.29, 0.717) is 29.9 Å². The minimum atomic E-state index is -0.487. The summed E-state index contributed by atoms with van der Waals surface area (Å²) in [5.41, 5.74) is 2.80. The number of benzene rings is 2. The van der Waals surface area contributed by atoms with Crippen molar-refractivity contribution >= 4 is 11.9 Å². The van der Waals surface area contributed by atoms with Gasteiger partial charge in [0.1, 0.15) is 5.75 Å². The molecule has 0 radical (unpaired) electrons. The van der Waals surface area contributed by atoms with Crippen LogP contribution in [0.3, 0.4) is 0 Å². The molecule has 0 aromatic heterocycles. The van der Waals surface area contributed by atoms with Crippen molar-refractivity contribution in [3.05, 3.63) is 77.4 Å². The van der Waals surface area contributed by atoms with E-state index in [9.17, 15) is 9.59 Å². The summed E-state index contributed by atoms with van der Waals surface area (Å²) in [6.07, 6.45) is -0.00174. The maximum atomic E-state index is 12.8. The molecule has 0 heterocycles. The lowest BCUT2D eigenvalue weighted by Crippen LogP contribution is -2.45. The van der Waals surface area contributed by atoms with Crippen molar-refractivity contribution in [2.75, 3.05) is 14.2 Å². The van der Waals surface area contributed by atoms with Crippen molar-refractivity contribution in [3.63, 3.8) is 0 Å². The van der Waals surface area contributed by atoms with Gasteiger partial charge in [-0.2, -0.15) is 0 Å². The summed E-state index contributed by atoms with van der Waals surface area (Å²) in [6.45, 7) is 4.30. The largest absolute Gasteiger partial charge is 0.497 e. The highest BCUT2D eigenvalue weighted by Crippen LogP contribution is 2.31. The first kappa shape index (κ1) is 17.7. The van der Waals surface area contributed by atoms with Crippen LogP contribution in [0.2, 0.25) is 0 Å². The Morgan fingerprint density at radius 3 is 2.58 bits per heavy atom. The summed E-state index contributed by atoms with van der Waals surface area (Å²) in [5.74, 6) is 0.524. The third kappa shape index (κ3) is 3.33. The fraction of sp³-hybridized carbons (Fsp3) is 0.238. The Morgan fingerprint density at radius 2 is 1.92 bits per heavy atom. The Kier molecular flexibility index (Phi) is 5.07. The van der Waals surface area contributed by atoms with E-state index in [2.05, 4.69) is 6.58 Å². The SMILES string of the molecule is C=C1C(=O)c2ccc(OC)cc2CC1N(Cc1ccccc1)C(=O)OC. The summed E-state index contributed by atoms with van der Waals surface area (Å²) >= 11 is 0. The van der Waals surface area contributed by atoms with Crippen molar-refractivity contribution in [2.24, 2.45) is 0 Å². The highest BCUT2D eigenvalue weighted by atomic mass is 16.5. The first-order chi connectivity index (χ1) is 12.5. The number of fused-ring (bicyclic) bond motifs is 1. The van der Waals surface area contributed by atoms with E-state index in [1.54, 1.807) is 24.1 Å². The second-order valence-corrected chi connectivity index (χ2v) is 6.18. The standard InChI is InChI=1S/C21H21NO4/c1-14-19(12-16-11-17(25-2)9-10-18(16)20(14)23)22(21(24)26-3)13-15-7-5-4-6-8-15/h4-11,19H,1,12-13H2,2-3H3. The molecule has 1 atom stereocenters. The molecule has 0 fully saturated rings. The van der Waals surface area contributed by atoms with Crippen LogP contribution < -0.4 is 4.74 Å². The molecule has 0 bridgehead atoms. The summed E-state index contributed by atoms with van der Waals surface area (Å²) < 4.78 is 10.2. The van der Waals surface area contributed by atoms with E-state index in [1.807, 2.05) is 36.4 Å². The van der Waals surface area contributed by atoms with Gasteiger partial charge in [0.2, 0.25) is 0 Å². The second kappa shape index (κ2) is 7.44. The van der Waals surface area contributed by atoms with Crippen LogP contribution in [-0.2, 0) is 17.7 Å². The number of methoxy groups -OCH3 is 2. The molecule has 0 saturated heterocycles. The highest BCUT2D eigenvalue weighted by molar-refractivity contribution is 6.11. The lowest BCUT2D eigenvalue weighted by Gasteiger charge is -2.35. The lowest BCUT2D eigenvalue weighted by atomic mass is 9.83. The summed E-state index contributed by atoms with van der Waals surface area (Å²) in [7, 11) is 2.92. The van der Waals surface area contributed by atoms with Crippen LogP contribution in [0.4, 0.5) is 4.79 Å². The van der Waals surface area contributed by atoms with Gasteiger partial charge in [0.05, 0.1) is 20.3 Å². The molecular formula is C21H21NO4. The van der Waals surface area contributed by atoms with Crippen LogP contribution in [0.5, 0.6) is 5.75 Å². The van der Waals surface area contributed by atoms with Gasteiger partial charge < -0.3 is 9.47 Å². The summed E-state index contributed by atoms with van der Waals surface area (Å²) in [4.78, 5) is 26.8. The van der Waals surface area contributed by atoms with Crippen LogP contribution in [0.1, 0.15) is 21.5 Å². The molecule has 1 amide bonds. The Labute approximate surface area is 152 Å². The number of amides is 1. The quantitative estimate of drug-likeness (QED) is 0.790. The molecule has 3 rings (SSSR count). The zero-order valence-corrected chi connectivity index (χ0v) is 14.9. The summed E-state index contributed by atoms with van der Waals surface area (Å²) in [5, 5.41) is 0. The zero-order valence-electron chi connectivity index (χ0n) is 14.9. The molecule has 0 saturated carbocycles. The maximum Gasteiger partial charge on any atom is 0.410 e. The molecule has 5 nitrogen and oxygen atoms in total. The Morgan fingerprint density at radius 1 is 1.19 bits per heavy atom. The normalized spacial score (nSPS) is 16.0. The monoisotopic (exact) mass is 351 g/mol. The molecule has 1 aliphatic rings. The van der Waals surface area contributed by atoms with Gasteiger partial charge >= 0.3 is 6.09 Å². The molecule has 26 heavy (non-hydrogen) atoms. The first-order valence-electron chi connectivity index (χ1n) is 8.34. The van der Waals surface area contributed by atoms with Crippen LogP contribution in [-0.4, -0.2) is 37.0 Å². The van der Waals surface area contributed by atoms with Gasteiger partial charge in [0, 0.05) is 17.7 Å². The van der Waals surface area contributed by atoms with Gasteiger partial charge in [-0.05, 0) is 35.7 Å². The molecular weight excluding hydrogens is 330 g/mol. The van der Waals surface area contributed by atoms with Crippen molar-refractivity contribution in [3.8, 4) is 5.75 Å². The molecule has 1 aliphatic carbocycles. The number of carbonyl (C=O) groups excluding carboxylic acids is 2. The number of hydrogen-bond donors (Lipinski definition) is 0. The predicted molar refractivity (Wildman–Crippen MR) is 98.3 cm³/mol. The number of hydrogen-bond acceptors (Lipinski definition) is 4. The fourth-order valence-corrected chi connectivity index (χ4v) is 3.24. The van der Waals surface area contributed by atoms with E-state index >= 15 is 0 Å². The molecule has 5 heteroatoms. The van der Waals surface area contributed by atoms with Gasteiger partial charge in [-0.15, -0.1) is 0 Å². The molecule has 2 aromatic rings. The van der Waals surface area contributed by atoms with Gasteiger partial charge in [0.15, 0.2) is 5.78 Å². The predicted octanol–water partition coefficient (Wildman–Crippen LogP) is 3.63. The van der Waals surface area contributed by atoms with E-state index in [4.69, 9.17) is 9.47 Å². The summed E-state index contributed by atoms with van der Waals surface area (Å²) in [6, 6.07) is 14.5. The minimum Gasteiger partial charge on any atom is -0.497 e. The van der Waals surface area contributed by atoms with Gasteiger partial charge in [-0.3, -0.25) is 9.69 Å². The maximum absolute atomic E-state index is 12.8. The van der Waals surface area contributed by atoms with Crippen molar-refractivity contribution < 1.29 is 19.1 Å². The number of ether oxygens (including phenoxy) is 2. The number of rotatable bonds is 4. The van der Waals surface area contributed by atoms with Crippen molar-refractivity contribution in [1.29, 1.82) is 0 Å². The van der Waals surface area contributed by atoms with Gasteiger partial charge in [-0.1, -0.05) is 36.9 Å². The molecule has 1 unspecified atom stereocenters. The molecule has 134 valence electrons. The average molecular weight is 351 g/mol. The number of nitrogens with zero attached hydrogens (tertiary/aromatic N) is 1. The van der Waals surface area contributed by atoms with E-state index in [0.717, 1.165) is 11.1 Å². The number of carbonyl (C=O) groups is 2. The van der Waals surface area contributed by atoms with Crippen LogP contribution in [0.25, 0.3) is 0 Å². The van der Waals surface area contributed by atoms with Crippen LogP contribution >= 0.6 is 0 Å². The van der Waals surface area contributed by atoms with Crippen LogP contribution in [0.15, 0.2) is 60.7 Å². The third-order valence-corrected chi connectivity index (χ3v) is 4.65. The zero-order chi connectivity index (χ0) is 18.7. The minimum absolute atomic E-state index is 0.152. The number of ketones is 1. The highest BCUT2D eigenvalue weighted by Gasteiger charge is 2.35. The Hall–Kier alpha value is -3.08. The molecule has 0 spiro atoms. The topological polar surface area (TPSA) is 55.8 Å². The Bertz CT molecular complexity index is 844. The number of Topliss-reactive ketones (excluding diaryl/α,β-unsaturated/α-hetero) is 1. The van der Waals surface area contributed by atoms with E-state index < -0.39 is 12.1 Å². The van der Waals surface area contributed by atoms with Gasteiger partial charge in [-0.25, -0.2) is 4.79 Å². The average Bonchev–Trinajstić information content (AvgIpc) is 2.68.